The standard InChI is InChI=1S/C30H36O2/c31-20-8-7-10-23-16-17-24-18-19-27(22-29(24)28(23)15-9-21-32)30(25-11-3-1-4-12-25)26-13-5-2-6-14-26/h1-6,11-14,18-19,22-23,28,30-32H,7-10,15-17,20-21H2. The summed E-state index contributed by atoms with van der Waals surface area (Å²) in [5, 5.41) is 18.8. The Kier molecular flexibility index (Phi) is 8.14. The quantitative estimate of drug-likeness (QED) is 0.288. The van der Waals surface area contributed by atoms with Crippen LogP contribution in [0.1, 0.15) is 78.2 Å². The maximum absolute atomic E-state index is 9.55. The summed E-state index contributed by atoms with van der Waals surface area (Å²) in [6, 6.07) is 28.8. The second-order valence-corrected chi connectivity index (χ2v) is 9.20. The van der Waals surface area contributed by atoms with Crippen LogP contribution >= 0.6 is 0 Å². The summed E-state index contributed by atoms with van der Waals surface area (Å²) in [7, 11) is 0. The molecule has 0 bridgehead atoms. The molecule has 2 unspecified atom stereocenters. The third-order valence-electron chi connectivity index (χ3n) is 7.18. The summed E-state index contributed by atoms with van der Waals surface area (Å²) < 4.78 is 0. The minimum absolute atomic E-state index is 0.218. The molecule has 1 aliphatic rings. The second-order valence-electron chi connectivity index (χ2n) is 9.20. The van der Waals surface area contributed by atoms with Crippen molar-refractivity contribution in [3.63, 3.8) is 0 Å². The first-order valence-corrected chi connectivity index (χ1v) is 12.3. The lowest BCUT2D eigenvalue weighted by molar-refractivity contribution is 0.247. The summed E-state index contributed by atoms with van der Waals surface area (Å²) in [6.45, 7) is 0.538. The predicted octanol–water partition coefficient (Wildman–Crippen LogP) is 6.45. The van der Waals surface area contributed by atoms with E-state index in [1.54, 1.807) is 0 Å². The number of unbranched alkanes of at least 4 members (excludes halogenated alkanes) is 1. The average Bonchev–Trinajstić information content (AvgIpc) is 2.85. The molecule has 0 aliphatic heterocycles. The number of benzene rings is 3. The molecule has 0 spiro atoms. The normalized spacial score (nSPS) is 18.0. The number of hydrogen-bond acceptors (Lipinski definition) is 2. The maximum Gasteiger partial charge on any atom is 0.0431 e. The highest BCUT2D eigenvalue weighted by Gasteiger charge is 2.30. The van der Waals surface area contributed by atoms with Gasteiger partial charge < -0.3 is 10.2 Å². The zero-order chi connectivity index (χ0) is 22.2. The highest BCUT2D eigenvalue weighted by molar-refractivity contribution is 5.47. The fourth-order valence-electron chi connectivity index (χ4n) is 5.60. The van der Waals surface area contributed by atoms with Crippen LogP contribution in [0.3, 0.4) is 0 Å². The molecule has 0 amide bonds. The summed E-state index contributed by atoms with van der Waals surface area (Å²) >= 11 is 0. The van der Waals surface area contributed by atoms with E-state index in [9.17, 15) is 10.2 Å². The molecule has 2 nitrogen and oxygen atoms in total. The topological polar surface area (TPSA) is 40.5 Å². The van der Waals surface area contributed by atoms with Crippen molar-refractivity contribution in [2.45, 2.75) is 56.8 Å². The Morgan fingerprint density at radius 3 is 1.97 bits per heavy atom. The molecule has 1 aliphatic carbocycles. The van der Waals surface area contributed by atoms with Crippen molar-refractivity contribution in [3.05, 3.63) is 107 Å². The Labute approximate surface area is 193 Å². The van der Waals surface area contributed by atoms with Gasteiger partial charge in [0.1, 0.15) is 0 Å². The van der Waals surface area contributed by atoms with E-state index in [1.165, 1.54) is 40.7 Å². The van der Waals surface area contributed by atoms with Crippen LogP contribution in [0.25, 0.3) is 0 Å². The monoisotopic (exact) mass is 428 g/mol. The van der Waals surface area contributed by atoms with Crippen LogP contribution in [0, 0.1) is 5.92 Å². The molecule has 168 valence electrons. The van der Waals surface area contributed by atoms with Gasteiger partial charge in [0.05, 0.1) is 0 Å². The minimum Gasteiger partial charge on any atom is -0.396 e. The van der Waals surface area contributed by atoms with Gasteiger partial charge in [-0.3, -0.25) is 0 Å². The molecule has 0 saturated carbocycles. The van der Waals surface area contributed by atoms with Gasteiger partial charge >= 0.3 is 0 Å². The highest BCUT2D eigenvalue weighted by atomic mass is 16.3. The molecular weight excluding hydrogens is 392 g/mol. The number of fused-ring (bicyclic) bond motifs is 1. The van der Waals surface area contributed by atoms with Crippen LogP contribution in [0.15, 0.2) is 78.9 Å². The molecule has 2 N–H and O–H groups in total. The van der Waals surface area contributed by atoms with Gasteiger partial charge in [-0.2, -0.15) is 0 Å². The largest absolute Gasteiger partial charge is 0.396 e. The fraction of sp³-hybridized carbons (Fsp3) is 0.400. The van der Waals surface area contributed by atoms with Crippen molar-refractivity contribution >= 4 is 0 Å². The Morgan fingerprint density at radius 1 is 0.688 bits per heavy atom. The van der Waals surface area contributed by atoms with Crippen LogP contribution in [0.5, 0.6) is 0 Å². The summed E-state index contributed by atoms with van der Waals surface area (Å²) in [4.78, 5) is 0. The predicted molar refractivity (Wildman–Crippen MR) is 132 cm³/mol. The fourth-order valence-corrected chi connectivity index (χ4v) is 5.60. The zero-order valence-electron chi connectivity index (χ0n) is 19.0. The molecule has 3 aromatic carbocycles. The molecule has 2 heteroatoms. The Morgan fingerprint density at radius 2 is 1.34 bits per heavy atom. The molecule has 0 aromatic heterocycles. The molecule has 0 radical (unpaired) electrons. The first-order valence-electron chi connectivity index (χ1n) is 12.3. The van der Waals surface area contributed by atoms with Crippen molar-refractivity contribution in [3.8, 4) is 0 Å². The van der Waals surface area contributed by atoms with Crippen molar-refractivity contribution in [2.24, 2.45) is 5.92 Å². The van der Waals surface area contributed by atoms with E-state index in [4.69, 9.17) is 0 Å². The van der Waals surface area contributed by atoms with Crippen LogP contribution < -0.4 is 0 Å². The van der Waals surface area contributed by atoms with Gasteiger partial charge in [0.15, 0.2) is 0 Å². The zero-order valence-corrected chi connectivity index (χ0v) is 19.0. The Hall–Kier alpha value is -2.42. The molecular formula is C30H36O2. The molecule has 32 heavy (non-hydrogen) atoms. The number of hydrogen-bond donors (Lipinski definition) is 2. The lowest BCUT2D eigenvalue weighted by Crippen LogP contribution is -2.22. The van der Waals surface area contributed by atoms with Gasteiger partial charge in [0.25, 0.3) is 0 Å². The first-order chi connectivity index (χ1) is 15.8. The highest BCUT2D eigenvalue weighted by Crippen LogP contribution is 2.43. The van der Waals surface area contributed by atoms with Gasteiger partial charge in [0, 0.05) is 19.1 Å². The minimum atomic E-state index is 0.218. The Balaban J connectivity index is 1.72. The van der Waals surface area contributed by atoms with E-state index in [1.807, 2.05) is 0 Å². The van der Waals surface area contributed by atoms with Gasteiger partial charge in [-0.1, -0.05) is 85.3 Å². The lowest BCUT2D eigenvalue weighted by Gasteiger charge is -2.35. The van der Waals surface area contributed by atoms with E-state index in [0.717, 1.165) is 32.1 Å². The molecule has 0 heterocycles. The average molecular weight is 429 g/mol. The third-order valence-corrected chi connectivity index (χ3v) is 7.18. The Bertz CT molecular complexity index is 912. The molecule has 0 fully saturated rings. The van der Waals surface area contributed by atoms with Crippen molar-refractivity contribution in [1.29, 1.82) is 0 Å². The maximum atomic E-state index is 9.55. The van der Waals surface area contributed by atoms with Gasteiger partial charge in [-0.25, -0.2) is 0 Å². The number of aryl methyl sites for hydroxylation is 1. The summed E-state index contributed by atoms with van der Waals surface area (Å²) in [5.74, 6) is 1.36. The molecule has 2 atom stereocenters. The van der Waals surface area contributed by atoms with E-state index >= 15 is 0 Å². The third kappa shape index (κ3) is 5.31. The van der Waals surface area contributed by atoms with Crippen molar-refractivity contribution < 1.29 is 10.2 Å². The SMILES string of the molecule is OCCCCC1CCc2ccc(C(c3ccccc3)c3ccccc3)cc2C1CCCO. The molecule has 4 rings (SSSR count). The van der Waals surface area contributed by atoms with E-state index in [-0.39, 0.29) is 19.1 Å². The van der Waals surface area contributed by atoms with E-state index < -0.39 is 0 Å². The van der Waals surface area contributed by atoms with Crippen LogP contribution in [0.4, 0.5) is 0 Å². The first kappa shape index (κ1) is 22.8. The summed E-state index contributed by atoms with van der Waals surface area (Å²) in [5.41, 5.74) is 6.97. The van der Waals surface area contributed by atoms with Gasteiger partial charge in [0.2, 0.25) is 0 Å². The van der Waals surface area contributed by atoms with Gasteiger partial charge in [-0.05, 0) is 78.2 Å². The van der Waals surface area contributed by atoms with Crippen molar-refractivity contribution in [2.75, 3.05) is 13.2 Å². The second kappa shape index (κ2) is 11.4. The van der Waals surface area contributed by atoms with Gasteiger partial charge in [-0.15, -0.1) is 0 Å². The lowest BCUT2D eigenvalue weighted by atomic mass is 9.70. The van der Waals surface area contributed by atoms with Crippen LogP contribution in [0.2, 0.25) is 0 Å². The number of aliphatic hydroxyl groups excluding tert-OH is 2. The summed E-state index contributed by atoms with van der Waals surface area (Å²) in [6.07, 6.45) is 7.39. The number of aliphatic hydroxyl groups is 2. The van der Waals surface area contributed by atoms with Crippen molar-refractivity contribution in [1.82, 2.24) is 0 Å². The smallest absolute Gasteiger partial charge is 0.0431 e. The van der Waals surface area contributed by atoms with Crippen LogP contribution in [-0.2, 0) is 6.42 Å². The molecule has 0 saturated heterocycles. The van der Waals surface area contributed by atoms with E-state index in [2.05, 4.69) is 78.9 Å². The molecule has 3 aromatic rings. The number of rotatable bonds is 10. The van der Waals surface area contributed by atoms with Crippen LogP contribution in [-0.4, -0.2) is 23.4 Å². The van der Waals surface area contributed by atoms with E-state index in [0.29, 0.717) is 11.8 Å².